The highest BCUT2D eigenvalue weighted by molar-refractivity contribution is 5.80. The van der Waals surface area contributed by atoms with E-state index >= 15 is 0 Å². The van der Waals surface area contributed by atoms with Crippen LogP contribution < -0.4 is 5.56 Å². The van der Waals surface area contributed by atoms with Crippen molar-refractivity contribution in [2.45, 2.75) is 32.6 Å². The van der Waals surface area contributed by atoms with Crippen LogP contribution in [0.1, 0.15) is 13.8 Å². The molecule has 0 unspecified atom stereocenters. The van der Waals surface area contributed by atoms with Crippen LogP contribution in [0, 0.1) is 0 Å². The van der Waals surface area contributed by atoms with Gasteiger partial charge in [0.05, 0.1) is 29.4 Å². The lowest BCUT2D eigenvalue weighted by Gasteiger charge is -2.35. The highest BCUT2D eigenvalue weighted by atomic mass is 16.5. The summed E-state index contributed by atoms with van der Waals surface area (Å²) in [5, 5.41) is 0. The van der Waals surface area contributed by atoms with Crippen molar-refractivity contribution in [2.75, 3.05) is 13.1 Å². The van der Waals surface area contributed by atoms with E-state index in [-0.39, 0.29) is 30.2 Å². The van der Waals surface area contributed by atoms with Crippen LogP contribution in [0.15, 0.2) is 35.3 Å². The maximum absolute atomic E-state index is 12.5. The Morgan fingerprint density at radius 2 is 1.95 bits per heavy atom. The third kappa shape index (κ3) is 2.87. The summed E-state index contributed by atoms with van der Waals surface area (Å²) in [5.41, 5.74) is 1.12. The predicted molar refractivity (Wildman–Crippen MR) is 82.6 cm³/mol. The zero-order valence-corrected chi connectivity index (χ0v) is 12.7. The van der Waals surface area contributed by atoms with E-state index in [0.29, 0.717) is 24.1 Å². The Kier molecular flexibility index (Phi) is 3.94. The predicted octanol–water partition coefficient (Wildman–Crippen LogP) is 1.03. The van der Waals surface area contributed by atoms with Gasteiger partial charge in [0.25, 0.3) is 5.56 Å². The molecule has 1 fully saturated rings. The Labute approximate surface area is 128 Å². The van der Waals surface area contributed by atoms with E-state index < -0.39 is 0 Å². The van der Waals surface area contributed by atoms with Crippen molar-refractivity contribution in [1.82, 2.24) is 14.5 Å². The number of morpholine rings is 1. The van der Waals surface area contributed by atoms with E-state index in [2.05, 4.69) is 4.98 Å². The van der Waals surface area contributed by atoms with E-state index in [9.17, 15) is 9.59 Å². The van der Waals surface area contributed by atoms with Gasteiger partial charge >= 0.3 is 0 Å². The third-order valence-corrected chi connectivity index (χ3v) is 3.82. The standard InChI is InChI=1S/C16H19N3O3/c1-11-8-18(9-12(2)22-11)16(21)10-19-14-6-4-3-5-13(14)17-7-15(19)20/h3-7,11-12H,8-10H2,1-2H3/t11-,12-/m1/s1. The zero-order valence-electron chi connectivity index (χ0n) is 12.7. The van der Waals surface area contributed by atoms with Gasteiger partial charge in [-0.25, -0.2) is 4.98 Å². The molecule has 0 saturated carbocycles. The highest BCUT2D eigenvalue weighted by Crippen LogP contribution is 2.13. The maximum atomic E-state index is 12.5. The minimum Gasteiger partial charge on any atom is -0.372 e. The van der Waals surface area contributed by atoms with Gasteiger partial charge in [0.1, 0.15) is 6.54 Å². The van der Waals surface area contributed by atoms with Crippen molar-refractivity contribution in [3.8, 4) is 0 Å². The van der Waals surface area contributed by atoms with Crippen LogP contribution in [0.2, 0.25) is 0 Å². The largest absolute Gasteiger partial charge is 0.372 e. The first kappa shape index (κ1) is 14.7. The summed E-state index contributed by atoms with van der Waals surface area (Å²) in [6, 6.07) is 7.33. The molecule has 1 saturated heterocycles. The molecule has 2 atom stereocenters. The summed E-state index contributed by atoms with van der Waals surface area (Å²) in [5.74, 6) is -0.0690. The fraction of sp³-hybridized carbons (Fsp3) is 0.438. The van der Waals surface area contributed by atoms with Crippen molar-refractivity contribution in [1.29, 1.82) is 0 Å². The number of carbonyl (C=O) groups excluding carboxylic acids is 1. The molecule has 1 aromatic heterocycles. The van der Waals surface area contributed by atoms with E-state index in [4.69, 9.17) is 4.74 Å². The van der Waals surface area contributed by atoms with Crippen molar-refractivity contribution in [3.63, 3.8) is 0 Å². The lowest BCUT2D eigenvalue weighted by molar-refractivity contribution is -0.143. The molecular weight excluding hydrogens is 282 g/mol. The summed E-state index contributed by atoms with van der Waals surface area (Å²) in [7, 11) is 0. The molecule has 0 spiro atoms. The van der Waals surface area contributed by atoms with Gasteiger partial charge in [-0.15, -0.1) is 0 Å². The van der Waals surface area contributed by atoms with Gasteiger partial charge in [0.2, 0.25) is 5.91 Å². The molecule has 0 N–H and O–H groups in total. The topological polar surface area (TPSA) is 64.4 Å². The normalized spacial score (nSPS) is 22.0. The Morgan fingerprint density at radius 1 is 1.27 bits per heavy atom. The van der Waals surface area contributed by atoms with Crippen LogP contribution in [0.4, 0.5) is 0 Å². The average molecular weight is 301 g/mol. The Hall–Kier alpha value is -2.21. The fourth-order valence-corrected chi connectivity index (χ4v) is 2.89. The van der Waals surface area contributed by atoms with Gasteiger partial charge < -0.3 is 9.64 Å². The second-order valence-corrected chi connectivity index (χ2v) is 5.73. The van der Waals surface area contributed by atoms with Crippen LogP contribution in [-0.2, 0) is 16.1 Å². The number of carbonyl (C=O) groups is 1. The number of nitrogens with zero attached hydrogens (tertiary/aromatic N) is 3. The summed E-state index contributed by atoms with van der Waals surface area (Å²) < 4.78 is 7.12. The maximum Gasteiger partial charge on any atom is 0.269 e. The minimum absolute atomic E-state index is 0.0126. The number of rotatable bonds is 2. The summed E-state index contributed by atoms with van der Waals surface area (Å²) >= 11 is 0. The highest BCUT2D eigenvalue weighted by Gasteiger charge is 2.26. The molecule has 0 aliphatic carbocycles. The molecule has 2 heterocycles. The van der Waals surface area contributed by atoms with Crippen molar-refractivity contribution in [2.24, 2.45) is 0 Å². The fourth-order valence-electron chi connectivity index (χ4n) is 2.89. The van der Waals surface area contributed by atoms with Gasteiger partial charge in [-0.2, -0.15) is 0 Å². The first-order valence-corrected chi connectivity index (χ1v) is 7.42. The Morgan fingerprint density at radius 3 is 2.68 bits per heavy atom. The number of para-hydroxylation sites is 2. The summed E-state index contributed by atoms with van der Waals surface area (Å²) in [6.45, 7) is 5.04. The Balaban J connectivity index is 1.88. The molecule has 2 aromatic rings. The first-order chi connectivity index (χ1) is 10.5. The van der Waals surface area contributed by atoms with Gasteiger partial charge in [-0.1, -0.05) is 12.1 Å². The van der Waals surface area contributed by atoms with Gasteiger partial charge in [0, 0.05) is 13.1 Å². The molecule has 6 heteroatoms. The number of benzene rings is 1. The molecule has 1 amide bonds. The van der Waals surface area contributed by atoms with Gasteiger partial charge in [0.15, 0.2) is 0 Å². The monoisotopic (exact) mass is 301 g/mol. The van der Waals surface area contributed by atoms with E-state index in [1.807, 2.05) is 38.1 Å². The number of hydrogen-bond acceptors (Lipinski definition) is 4. The number of amides is 1. The van der Waals surface area contributed by atoms with Gasteiger partial charge in [-0.3, -0.25) is 14.2 Å². The molecule has 22 heavy (non-hydrogen) atoms. The number of aromatic nitrogens is 2. The molecular formula is C16H19N3O3. The summed E-state index contributed by atoms with van der Waals surface area (Å²) in [4.78, 5) is 30.5. The van der Waals surface area contributed by atoms with Crippen LogP contribution in [-0.4, -0.2) is 45.7 Å². The van der Waals surface area contributed by atoms with Crippen LogP contribution >= 0.6 is 0 Å². The molecule has 116 valence electrons. The van der Waals surface area contributed by atoms with Crippen LogP contribution in [0.5, 0.6) is 0 Å². The molecule has 1 aliphatic rings. The second kappa shape index (κ2) is 5.88. The van der Waals surface area contributed by atoms with E-state index in [0.717, 1.165) is 0 Å². The molecule has 3 rings (SSSR count). The number of ether oxygens (including phenoxy) is 1. The van der Waals surface area contributed by atoms with E-state index in [1.165, 1.54) is 10.8 Å². The third-order valence-electron chi connectivity index (χ3n) is 3.82. The number of fused-ring (bicyclic) bond motifs is 1. The zero-order chi connectivity index (χ0) is 15.7. The minimum atomic E-state index is -0.263. The average Bonchev–Trinajstić information content (AvgIpc) is 2.49. The molecule has 0 radical (unpaired) electrons. The molecule has 0 bridgehead atoms. The second-order valence-electron chi connectivity index (χ2n) is 5.73. The van der Waals surface area contributed by atoms with Gasteiger partial charge in [-0.05, 0) is 26.0 Å². The molecule has 1 aromatic carbocycles. The smallest absolute Gasteiger partial charge is 0.269 e. The van der Waals surface area contributed by atoms with Crippen molar-refractivity contribution < 1.29 is 9.53 Å². The lowest BCUT2D eigenvalue weighted by Crippen LogP contribution is -2.49. The van der Waals surface area contributed by atoms with Crippen molar-refractivity contribution >= 4 is 16.9 Å². The van der Waals surface area contributed by atoms with Crippen molar-refractivity contribution in [3.05, 3.63) is 40.8 Å². The number of hydrogen-bond donors (Lipinski definition) is 0. The van der Waals surface area contributed by atoms with Crippen LogP contribution in [0.3, 0.4) is 0 Å². The Bertz CT molecular complexity index is 746. The van der Waals surface area contributed by atoms with E-state index in [1.54, 1.807) is 4.90 Å². The first-order valence-electron chi connectivity index (χ1n) is 7.42. The lowest BCUT2D eigenvalue weighted by atomic mass is 10.2. The molecule has 6 nitrogen and oxygen atoms in total. The molecule has 1 aliphatic heterocycles. The quantitative estimate of drug-likeness (QED) is 0.831. The SMILES string of the molecule is C[C@@H]1CN(C(=O)Cn2c(=O)cnc3ccccc32)C[C@@H](C)O1. The van der Waals surface area contributed by atoms with Crippen LogP contribution in [0.25, 0.3) is 11.0 Å². The summed E-state index contributed by atoms with van der Waals surface area (Å²) in [6.07, 6.45) is 1.29.